The molecule has 0 spiro atoms. The van der Waals surface area contributed by atoms with Gasteiger partial charge in [-0.25, -0.2) is 0 Å². The molecule has 3 aromatic rings. The topological polar surface area (TPSA) is 28.9 Å². The maximum atomic E-state index is 6.01. The van der Waals surface area contributed by atoms with Crippen LogP contribution in [0.25, 0.3) is 23.1 Å². The third-order valence-corrected chi connectivity index (χ3v) is 6.29. The number of benzene rings is 2. The van der Waals surface area contributed by atoms with Gasteiger partial charge in [-0.15, -0.1) is 0 Å². The Morgan fingerprint density at radius 2 is 1.83 bits per heavy atom. The summed E-state index contributed by atoms with van der Waals surface area (Å²) in [5.41, 5.74) is 3.21. The predicted octanol–water partition coefficient (Wildman–Crippen LogP) is 5.49. The number of hydrogen-bond donors (Lipinski definition) is 0. The molecule has 0 bridgehead atoms. The molecule has 1 fully saturated rings. The number of rotatable bonds is 8. The molecule has 0 unspecified atom stereocenters. The standard InChI is InChI=1S/C25H30N2O2S/c1-26(2)22-8-4-20(5-9-22)6-10-24-18-21-7-11-23(19-25(21)29-24)28-15-3-12-27-13-16-30-17-14-27/h4-11,18-19H,3,12-17H2,1-2H3/b10-6+. The Morgan fingerprint density at radius 1 is 1.03 bits per heavy atom. The third kappa shape index (κ3) is 5.61. The smallest absolute Gasteiger partial charge is 0.138 e. The van der Waals surface area contributed by atoms with Gasteiger partial charge in [-0.2, -0.15) is 11.8 Å². The van der Waals surface area contributed by atoms with Crippen LogP contribution in [0.1, 0.15) is 17.7 Å². The van der Waals surface area contributed by atoms with E-state index in [4.69, 9.17) is 9.15 Å². The number of nitrogens with zero attached hydrogens (tertiary/aromatic N) is 2. The summed E-state index contributed by atoms with van der Waals surface area (Å²) in [6, 6.07) is 16.6. The lowest BCUT2D eigenvalue weighted by Gasteiger charge is -2.25. The van der Waals surface area contributed by atoms with Gasteiger partial charge in [-0.3, -0.25) is 0 Å². The Kier molecular flexibility index (Phi) is 7.03. The maximum absolute atomic E-state index is 6.01. The van der Waals surface area contributed by atoms with Crippen molar-refractivity contribution >= 4 is 40.6 Å². The summed E-state index contributed by atoms with van der Waals surface area (Å²) in [6.45, 7) is 4.28. The Balaban J connectivity index is 1.32. The average molecular weight is 423 g/mol. The van der Waals surface area contributed by atoms with Gasteiger partial charge in [0.05, 0.1) is 6.61 Å². The van der Waals surface area contributed by atoms with Crippen molar-refractivity contribution in [3.8, 4) is 5.75 Å². The van der Waals surface area contributed by atoms with Crippen LogP contribution in [0.15, 0.2) is 52.9 Å². The zero-order chi connectivity index (χ0) is 20.8. The molecule has 0 radical (unpaired) electrons. The molecule has 4 nitrogen and oxygen atoms in total. The molecule has 2 heterocycles. The second kappa shape index (κ2) is 10.1. The van der Waals surface area contributed by atoms with Crippen molar-refractivity contribution in [2.45, 2.75) is 6.42 Å². The van der Waals surface area contributed by atoms with Crippen LogP contribution in [-0.2, 0) is 0 Å². The third-order valence-electron chi connectivity index (χ3n) is 5.35. The minimum Gasteiger partial charge on any atom is -0.493 e. The fourth-order valence-electron chi connectivity index (χ4n) is 3.57. The van der Waals surface area contributed by atoms with Crippen molar-refractivity contribution in [3.63, 3.8) is 0 Å². The van der Waals surface area contributed by atoms with Crippen molar-refractivity contribution in [2.24, 2.45) is 0 Å². The normalized spacial score (nSPS) is 15.1. The van der Waals surface area contributed by atoms with Crippen molar-refractivity contribution < 1.29 is 9.15 Å². The molecule has 158 valence electrons. The van der Waals surface area contributed by atoms with Gasteiger partial charge in [0.2, 0.25) is 0 Å². The van der Waals surface area contributed by atoms with Gasteiger partial charge in [-0.05, 0) is 48.4 Å². The molecule has 30 heavy (non-hydrogen) atoms. The largest absolute Gasteiger partial charge is 0.493 e. The maximum Gasteiger partial charge on any atom is 0.138 e. The number of thioether (sulfide) groups is 1. The first-order valence-electron chi connectivity index (χ1n) is 10.6. The van der Waals surface area contributed by atoms with E-state index in [1.54, 1.807) is 0 Å². The summed E-state index contributed by atoms with van der Waals surface area (Å²) in [6.07, 6.45) is 5.15. The van der Waals surface area contributed by atoms with E-state index >= 15 is 0 Å². The Hall–Kier alpha value is -2.37. The Morgan fingerprint density at radius 3 is 2.60 bits per heavy atom. The van der Waals surface area contributed by atoms with E-state index in [0.717, 1.165) is 47.6 Å². The summed E-state index contributed by atoms with van der Waals surface area (Å²) < 4.78 is 12.0. The second-order valence-corrected chi connectivity index (χ2v) is 9.05. The quantitative estimate of drug-likeness (QED) is 0.448. The van der Waals surface area contributed by atoms with Crippen LogP contribution in [0.4, 0.5) is 5.69 Å². The van der Waals surface area contributed by atoms with Gasteiger partial charge in [0.15, 0.2) is 0 Å². The monoisotopic (exact) mass is 422 g/mol. The van der Waals surface area contributed by atoms with Crippen molar-refractivity contribution in [1.82, 2.24) is 4.90 Å². The van der Waals surface area contributed by atoms with Crippen LogP contribution in [0.2, 0.25) is 0 Å². The summed E-state index contributed by atoms with van der Waals surface area (Å²) in [7, 11) is 4.09. The van der Waals surface area contributed by atoms with Crippen LogP contribution in [0.5, 0.6) is 5.75 Å². The highest BCUT2D eigenvalue weighted by atomic mass is 32.2. The Labute approximate surface area is 183 Å². The molecule has 1 aromatic heterocycles. The average Bonchev–Trinajstić information content (AvgIpc) is 3.18. The van der Waals surface area contributed by atoms with Crippen LogP contribution in [-0.4, -0.2) is 56.7 Å². The lowest BCUT2D eigenvalue weighted by molar-refractivity contribution is 0.248. The predicted molar refractivity (Wildman–Crippen MR) is 130 cm³/mol. The number of anilines is 1. The van der Waals surface area contributed by atoms with Crippen LogP contribution in [0.3, 0.4) is 0 Å². The molecule has 0 amide bonds. The van der Waals surface area contributed by atoms with E-state index in [-0.39, 0.29) is 0 Å². The van der Waals surface area contributed by atoms with Gasteiger partial charge >= 0.3 is 0 Å². The Bertz CT molecular complexity index is 972. The number of ether oxygens (including phenoxy) is 1. The van der Waals surface area contributed by atoms with Crippen LogP contribution < -0.4 is 9.64 Å². The van der Waals surface area contributed by atoms with E-state index in [2.05, 4.69) is 64.0 Å². The molecular formula is C25H30N2O2S. The van der Waals surface area contributed by atoms with Crippen LogP contribution in [0, 0.1) is 0 Å². The van der Waals surface area contributed by atoms with Gasteiger partial charge in [-0.1, -0.05) is 18.2 Å². The first-order valence-corrected chi connectivity index (χ1v) is 11.7. The van der Waals surface area contributed by atoms with Crippen molar-refractivity contribution in [3.05, 3.63) is 59.9 Å². The molecule has 4 rings (SSSR count). The van der Waals surface area contributed by atoms with Gasteiger partial charge in [0.1, 0.15) is 17.1 Å². The molecule has 0 atom stereocenters. The zero-order valence-corrected chi connectivity index (χ0v) is 18.7. The summed E-state index contributed by atoms with van der Waals surface area (Å²) >= 11 is 2.05. The van der Waals surface area contributed by atoms with E-state index in [1.165, 1.54) is 30.3 Å². The lowest BCUT2D eigenvalue weighted by atomic mass is 10.1. The molecule has 0 aliphatic carbocycles. The summed E-state index contributed by atoms with van der Waals surface area (Å²) in [4.78, 5) is 4.63. The van der Waals surface area contributed by atoms with Crippen LogP contribution >= 0.6 is 11.8 Å². The van der Waals surface area contributed by atoms with Crippen molar-refractivity contribution in [2.75, 3.05) is 56.7 Å². The molecule has 1 aliphatic rings. The fraction of sp³-hybridized carbons (Fsp3) is 0.360. The number of furan rings is 1. The SMILES string of the molecule is CN(C)c1ccc(/C=C/c2cc3ccc(OCCCN4CCSCC4)cc3o2)cc1. The lowest BCUT2D eigenvalue weighted by Crippen LogP contribution is -2.33. The number of hydrogen-bond acceptors (Lipinski definition) is 5. The highest BCUT2D eigenvalue weighted by molar-refractivity contribution is 7.99. The van der Waals surface area contributed by atoms with E-state index in [1.807, 2.05) is 32.3 Å². The first-order chi connectivity index (χ1) is 14.7. The zero-order valence-electron chi connectivity index (χ0n) is 17.8. The molecule has 2 aromatic carbocycles. The van der Waals surface area contributed by atoms with E-state index in [0.29, 0.717) is 0 Å². The summed E-state index contributed by atoms with van der Waals surface area (Å²) in [5.74, 6) is 4.24. The van der Waals surface area contributed by atoms with Crippen molar-refractivity contribution in [1.29, 1.82) is 0 Å². The van der Waals surface area contributed by atoms with Gasteiger partial charge in [0, 0.05) is 62.4 Å². The second-order valence-electron chi connectivity index (χ2n) is 7.82. The minimum absolute atomic E-state index is 0.742. The molecule has 0 N–H and O–H groups in total. The van der Waals surface area contributed by atoms with Gasteiger partial charge in [0.25, 0.3) is 0 Å². The van der Waals surface area contributed by atoms with E-state index in [9.17, 15) is 0 Å². The highest BCUT2D eigenvalue weighted by Gasteiger charge is 2.09. The first kappa shape index (κ1) is 20.9. The highest BCUT2D eigenvalue weighted by Crippen LogP contribution is 2.26. The fourth-order valence-corrected chi connectivity index (χ4v) is 4.55. The molecule has 5 heteroatoms. The molecular weight excluding hydrogens is 392 g/mol. The summed E-state index contributed by atoms with van der Waals surface area (Å²) in [5, 5.41) is 1.09. The molecule has 1 aliphatic heterocycles. The molecule has 1 saturated heterocycles. The number of fused-ring (bicyclic) bond motifs is 1. The molecule has 0 saturated carbocycles. The van der Waals surface area contributed by atoms with E-state index < -0.39 is 0 Å². The van der Waals surface area contributed by atoms with Gasteiger partial charge < -0.3 is 19.0 Å². The minimum atomic E-state index is 0.742.